The smallest absolute Gasteiger partial charge is 0.216 e. The van der Waals surface area contributed by atoms with E-state index in [1.807, 2.05) is 0 Å². The second-order valence-corrected chi connectivity index (χ2v) is 35.0. The van der Waals surface area contributed by atoms with Gasteiger partial charge in [-0.15, -0.1) is 0 Å². The molecule has 128 heavy (non-hydrogen) atoms. The molecular formula is C120H98N4O4+4. The Morgan fingerprint density at radius 1 is 0.211 bits per heavy atom. The lowest BCUT2D eigenvalue weighted by molar-refractivity contribution is -0.660. The fourth-order valence-corrected chi connectivity index (χ4v) is 20.4. The van der Waals surface area contributed by atoms with Crippen molar-refractivity contribution >= 4 is 142 Å². The third-order valence-corrected chi connectivity index (χ3v) is 26.7. The number of aryl methyl sites for hydroxylation is 14. The zero-order valence-electron chi connectivity index (χ0n) is 74.8. The maximum atomic E-state index is 6.73. The van der Waals surface area contributed by atoms with E-state index < -0.39 is 0 Å². The van der Waals surface area contributed by atoms with E-state index in [-0.39, 0.29) is 0 Å². The third-order valence-electron chi connectivity index (χ3n) is 26.7. The fraction of sp³-hybridized carbons (Fsp3) is 0.117. The highest BCUT2D eigenvalue weighted by molar-refractivity contribution is 6.21. The molecule has 0 saturated heterocycles. The van der Waals surface area contributed by atoms with E-state index in [0.29, 0.717) is 0 Å². The van der Waals surface area contributed by atoms with Gasteiger partial charge in [-0.1, -0.05) is 243 Å². The molecule has 8 nitrogen and oxygen atoms in total. The molecule has 0 aliphatic heterocycles. The van der Waals surface area contributed by atoms with Gasteiger partial charge < -0.3 is 17.7 Å². The highest BCUT2D eigenvalue weighted by atomic mass is 16.3. The van der Waals surface area contributed by atoms with Crippen LogP contribution in [0.2, 0.25) is 0 Å². The molecule has 0 aliphatic carbocycles. The maximum absolute atomic E-state index is 6.73. The molecule has 8 heteroatoms. The second kappa shape index (κ2) is 32.0. The van der Waals surface area contributed by atoms with Crippen molar-refractivity contribution in [1.29, 1.82) is 0 Å². The first-order chi connectivity index (χ1) is 62.3. The Morgan fingerprint density at radius 2 is 0.633 bits per heavy atom. The zero-order valence-corrected chi connectivity index (χ0v) is 74.8. The van der Waals surface area contributed by atoms with Crippen LogP contribution in [0.3, 0.4) is 0 Å². The minimum Gasteiger partial charge on any atom is -0.456 e. The molecule has 0 aliphatic rings. The van der Waals surface area contributed by atoms with Crippen LogP contribution in [0.4, 0.5) is 0 Å². The average molecular weight is 1660 g/mol. The fourth-order valence-electron chi connectivity index (χ4n) is 20.4. The van der Waals surface area contributed by atoms with E-state index in [9.17, 15) is 0 Å². The summed E-state index contributed by atoms with van der Waals surface area (Å²) < 4.78 is 35.4. The summed E-state index contributed by atoms with van der Waals surface area (Å²) in [5.74, 6) is 0. The van der Waals surface area contributed by atoms with Gasteiger partial charge in [0.05, 0.1) is 27.6 Å². The number of fused-ring (bicyclic) bond motifs is 20. The molecule has 0 fully saturated rings. The van der Waals surface area contributed by atoms with Crippen LogP contribution in [0, 0.1) is 69.2 Å². The molecule has 0 saturated carbocycles. The van der Waals surface area contributed by atoms with Crippen LogP contribution in [-0.2, 0) is 28.2 Å². The molecule has 0 amide bonds. The molecule has 8 aromatic heterocycles. The predicted molar refractivity (Wildman–Crippen MR) is 533 cm³/mol. The summed E-state index contributed by atoms with van der Waals surface area (Å²) in [6.45, 7) is 21.8. The Morgan fingerprint density at radius 3 is 1.17 bits per heavy atom. The molecule has 0 bridgehead atoms. The lowest BCUT2D eigenvalue weighted by Crippen LogP contribution is -2.32. The van der Waals surface area contributed by atoms with E-state index in [1.165, 1.54) is 170 Å². The molecule has 0 unspecified atom stereocenters. The molecule has 0 spiro atoms. The lowest BCUT2D eigenvalue weighted by Gasteiger charge is -2.11. The molecule has 0 atom stereocenters. The van der Waals surface area contributed by atoms with Crippen molar-refractivity contribution < 1.29 is 35.9 Å². The molecule has 24 rings (SSSR count). The number of rotatable bonds is 7. The quantitative estimate of drug-likeness (QED) is 0.149. The molecule has 0 radical (unpaired) electrons. The Bertz CT molecular complexity index is 8660. The topological polar surface area (TPSA) is 68.1 Å². The molecule has 24 aromatic rings. The van der Waals surface area contributed by atoms with Gasteiger partial charge in [-0.2, -0.15) is 4.57 Å². The van der Waals surface area contributed by atoms with Gasteiger partial charge in [0.2, 0.25) is 28.3 Å². The largest absolute Gasteiger partial charge is 0.456 e. The van der Waals surface area contributed by atoms with Crippen LogP contribution in [0.15, 0.2) is 358 Å². The Kier molecular flexibility index (Phi) is 19.9. The number of hydrogen-bond donors (Lipinski definition) is 0. The third kappa shape index (κ3) is 13.6. The Labute approximate surface area is 744 Å². The standard InChI is InChI=1S/C31H26NO.2C30H24NO.C29H24NO/c1-19-16-20(2)29(27-17-26(21(3)18-32(27)4)22-10-6-5-7-11-22)31-28(19)25-15-14-23-12-8-9-13-24(23)30(25)33-31;1-19-13-15-25-24-16-14-22-11-7-8-12-23(22)29(24)32-30(25)28(19)27-17-26(20(2)18-31(27)3)21-9-5-4-6-10-21;1-19-17-20(2)28(26-18-23(15-16-31(26)3)21-9-5-4-6-10-21)30-27(19)25-14-13-22-11-7-8-12-24(22)29(25)32-30;1-17-8-7-11-25-28(17)18(2)14-26(30(25)4)22-12-13-23-24-15-20-9-5-6-10-21(20)16-27(24)31-29(23)19(22)3/h5-18H,1-4H3;2*4-18H,1-3H3;5-16H,1-4H3/q4*+1. The minimum atomic E-state index is 0.948. The van der Waals surface area contributed by atoms with Gasteiger partial charge in [0.1, 0.15) is 72.9 Å². The number of aromatic nitrogens is 4. The number of nitrogens with zero attached hydrogens (tertiary/aromatic N) is 4. The molecule has 8 heterocycles. The number of hydrogen-bond acceptors (Lipinski definition) is 4. The van der Waals surface area contributed by atoms with E-state index in [2.05, 4.69) is 456 Å². The van der Waals surface area contributed by atoms with Crippen LogP contribution in [0.5, 0.6) is 0 Å². The molecule has 0 N–H and O–H groups in total. The van der Waals surface area contributed by atoms with Crippen LogP contribution >= 0.6 is 0 Å². The van der Waals surface area contributed by atoms with Crippen LogP contribution < -0.4 is 18.3 Å². The molecule has 618 valence electrons. The van der Waals surface area contributed by atoms with Gasteiger partial charge in [0.25, 0.3) is 0 Å². The SMILES string of the molecule is Cc1c(-c2cc(C)c3c(C)cccc3[n+]2C)ccc2c1oc1cc3ccccc3cc12.Cc1c[n+](C)c(-c2c(C)cc(C)c3c2oc2c4ccccc4ccc23)cc1-c1ccccc1.Cc1c[n+](C)c(-c2c(C)ccc3c2oc2c4ccccc4ccc32)cc1-c1ccccc1.Cc1cc(C)c2c(oc3c4ccccc4ccc32)c1-c1cc(-c2ccccc2)cc[n+]1C. The summed E-state index contributed by atoms with van der Waals surface area (Å²) in [6, 6.07) is 115. The van der Waals surface area contributed by atoms with Gasteiger partial charge in [-0.3, -0.25) is 0 Å². The van der Waals surface area contributed by atoms with Gasteiger partial charge >= 0.3 is 0 Å². The van der Waals surface area contributed by atoms with Gasteiger partial charge in [0, 0.05) is 112 Å². The predicted octanol–water partition coefficient (Wildman–Crippen LogP) is 30.2. The summed E-state index contributed by atoms with van der Waals surface area (Å²) in [5, 5.41) is 20.3. The first kappa shape index (κ1) is 79.8. The van der Waals surface area contributed by atoms with E-state index >= 15 is 0 Å². The summed E-state index contributed by atoms with van der Waals surface area (Å²) in [4.78, 5) is 0. The molecule has 16 aromatic carbocycles. The number of benzene rings is 16. The monoisotopic (exact) mass is 1660 g/mol. The Balaban J connectivity index is 0.000000104. The van der Waals surface area contributed by atoms with Crippen molar-refractivity contribution in [2.24, 2.45) is 28.2 Å². The van der Waals surface area contributed by atoms with Crippen molar-refractivity contribution in [3.8, 4) is 78.4 Å². The first-order valence-corrected chi connectivity index (χ1v) is 44.2. The van der Waals surface area contributed by atoms with Crippen molar-refractivity contribution in [3.63, 3.8) is 0 Å². The minimum absolute atomic E-state index is 0.948. The lowest BCUT2D eigenvalue weighted by atomic mass is 9.94. The maximum Gasteiger partial charge on any atom is 0.216 e. The molecular weight excluding hydrogens is 1560 g/mol. The van der Waals surface area contributed by atoms with Crippen molar-refractivity contribution in [2.75, 3.05) is 0 Å². The van der Waals surface area contributed by atoms with Crippen LogP contribution in [-0.4, -0.2) is 0 Å². The van der Waals surface area contributed by atoms with Gasteiger partial charge in [0.15, 0.2) is 18.6 Å². The van der Waals surface area contributed by atoms with E-state index in [0.717, 1.165) is 105 Å². The highest BCUT2D eigenvalue weighted by Crippen LogP contribution is 2.47. The summed E-state index contributed by atoms with van der Waals surface area (Å²) in [5.41, 5.74) is 38.1. The first-order valence-electron chi connectivity index (χ1n) is 44.2. The van der Waals surface area contributed by atoms with E-state index in [4.69, 9.17) is 17.7 Å². The van der Waals surface area contributed by atoms with Gasteiger partial charge in [-0.05, 0) is 211 Å². The zero-order chi connectivity index (χ0) is 87.6. The van der Waals surface area contributed by atoms with E-state index in [1.54, 1.807) is 0 Å². The van der Waals surface area contributed by atoms with Gasteiger partial charge in [-0.25, -0.2) is 13.7 Å². The average Bonchev–Trinajstić information content (AvgIpc) is 1.59. The number of pyridine rings is 4. The normalized spacial score (nSPS) is 11.7. The van der Waals surface area contributed by atoms with Crippen molar-refractivity contribution in [2.45, 2.75) is 69.2 Å². The number of furan rings is 4. The second-order valence-electron chi connectivity index (χ2n) is 35.0. The Hall–Kier alpha value is -15.4. The van der Waals surface area contributed by atoms with Crippen LogP contribution in [0.1, 0.15) is 55.6 Å². The summed E-state index contributed by atoms with van der Waals surface area (Å²) in [7, 11) is 8.51. The highest BCUT2D eigenvalue weighted by Gasteiger charge is 2.30. The van der Waals surface area contributed by atoms with Crippen LogP contribution in [0.25, 0.3) is 220 Å². The summed E-state index contributed by atoms with van der Waals surface area (Å²) >= 11 is 0. The summed E-state index contributed by atoms with van der Waals surface area (Å²) in [6.07, 6.45) is 6.58. The van der Waals surface area contributed by atoms with Crippen molar-refractivity contribution in [3.05, 3.63) is 396 Å². The van der Waals surface area contributed by atoms with Crippen molar-refractivity contribution in [1.82, 2.24) is 0 Å².